The molecule has 0 aromatic heterocycles. The molecule has 0 aromatic rings. The van der Waals surface area contributed by atoms with Crippen LogP contribution in [0.15, 0.2) is 12.2 Å². The van der Waals surface area contributed by atoms with Gasteiger partial charge >= 0.3 is 0 Å². The second-order valence-electron chi connectivity index (χ2n) is 5.48. The van der Waals surface area contributed by atoms with Crippen LogP contribution < -0.4 is 0 Å². The summed E-state index contributed by atoms with van der Waals surface area (Å²) < 4.78 is 0. The Morgan fingerprint density at radius 3 is 2.57 bits per heavy atom. The maximum atomic E-state index is 10.4. The fourth-order valence-corrected chi connectivity index (χ4v) is 2.69. The molecule has 0 spiro atoms. The molecule has 0 radical (unpaired) electrons. The minimum absolute atomic E-state index is 0.197. The Hall–Kier alpha value is -0.590. The molecule has 1 saturated carbocycles. The Morgan fingerprint density at radius 1 is 1.36 bits per heavy atom. The SMILES string of the molecule is C=C1C(C)(C)CCC[C@@]1(C)CCC=O. The van der Waals surface area contributed by atoms with Crippen molar-refractivity contribution in [1.29, 1.82) is 0 Å². The quantitative estimate of drug-likeness (QED) is 0.494. The van der Waals surface area contributed by atoms with Crippen LogP contribution in [0.1, 0.15) is 52.9 Å². The van der Waals surface area contributed by atoms with Gasteiger partial charge in [0.2, 0.25) is 0 Å². The van der Waals surface area contributed by atoms with Gasteiger partial charge in [-0.2, -0.15) is 0 Å². The van der Waals surface area contributed by atoms with Gasteiger partial charge in [0, 0.05) is 6.42 Å². The lowest BCUT2D eigenvalue weighted by Crippen LogP contribution is -2.33. The van der Waals surface area contributed by atoms with Crippen LogP contribution in [0.3, 0.4) is 0 Å². The minimum atomic E-state index is 0.197. The van der Waals surface area contributed by atoms with Crippen molar-refractivity contribution in [2.24, 2.45) is 10.8 Å². The van der Waals surface area contributed by atoms with Crippen LogP contribution in [0.4, 0.5) is 0 Å². The molecular weight excluding hydrogens is 172 g/mol. The second kappa shape index (κ2) is 3.88. The summed E-state index contributed by atoms with van der Waals surface area (Å²) in [4.78, 5) is 10.4. The van der Waals surface area contributed by atoms with E-state index in [1.165, 1.54) is 24.8 Å². The molecule has 0 amide bonds. The van der Waals surface area contributed by atoms with Gasteiger partial charge in [0.15, 0.2) is 0 Å². The van der Waals surface area contributed by atoms with E-state index in [-0.39, 0.29) is 10.8 Å². The lowest BCUT2D eigenvalue weighted by atomic mass is 9.60. The largest absolute Gasteiger partial charge is 0.303 e. The summed E-state index contributed by atoms with van der Waals surface area (Å²) in [6.45, 7) is 11.1. The number of rotatable bonds is 3. The molecule has 1 fully saturated rings. The van der Waals surface area contributed by atoms with Gasteiger partial charge in [-0.15, -0.1) is 0 Å². The van der Waals surface area contributed by atoms with Gasteiger partial charge < -0.3 is 4.79 Å². The molecule has 1 heteroatoms. The summed E-state index contributed by atoms with van der Waals surface area (Å²) in [7, 11) is 0. The molecule has 0 saturated heterocycles. The zero-order valence-corrected chi connectivity index (χ0v) is 9.73. The highest BCUT2D eigenvalue weighted by atomic mass is 16.1. The van der Waals surface area contributed by atoms with Crippen molar-refractivity contribution >= 4 is 6.29 Å². The molecule has 0 N–H and O–H groups in total. The molecule has 80 valence electrons. The third-order valence-corrected chi connectivity index (χ3v) is 3.89. The molecule has 1 rings (SSSR count). The van der Waals surface area contributed by atoms with Gasteiger partial charge in [0.1, 0.15) is 6.29 Å². The van der Waals surface area contributed by atoms with Gasteiger partial charge in [-0.1, -0.05) is 39.3 Å². The number of aldehydes is 1. The lowest BCUT2D eigenvalue weighted by Gasteiger charge is -2.45. The average Bonchev–Trinajstić information content (AvgIpc) is 2.11. The zero-order chi connectivity index (χ0) is 10.8. The van der Waals surface area contributed by atoms with Crippen LogP contribution in [0.25, 0.3) is 0 Å². The maximum absolute atomic E-state index is 10.4. The summed E-state index contributed by atoms with van der Waals surface area (Å²) in [5.41, 5.74) is 1.80. The van der Waals surface area contributed by atoms with E-state index in [4.69, 9.17) is 0 Å². The highest BCUT2D eigenvalue weighted by Gasteiger charge is 2.39. The number of hydrogen-bond acceptors (Lipinski definition) is 1. The van der Waals surface area contributed by atoms with Crippen LogP contribution in [0, 0.1) is 10.8 Å². The topological polar surface area (TPSA) is 17.1 Å². The minimum Gasteiger partial charge on any atom is -0.303 e. The van der Waals surface area contributed by atoms with E-state index >= 15 is 0 Å². The Kier molecular flexibility index (Phi) is 3.18. The fraction of sp³-hybridized carbons (Fsp3) is 0.769. The van der Waals surface area contributed by atoms with Crippen LogP contribution in [-0.2, 0) is 4.79 Å². The maximum Gasteiger partial charge on any atom is 0.120 e. The first kappa shape index (κ1) is 11.5. The summed E-state index contributed by atoms with van der Waals surface area (Å²) in [6.07, 6.45) is 6.37. The van der Waals surface area contributed by atoms with Crippen molar-refractivity contribution in [2.75, 3.05) is 0 Å². The van der Waals surface area contributed by atoms with E-state index in [0.717, 1.165) is 12.7 Å². The lowest BCUT2D eigenvalue weighted by molar-refractivity contribution is -0.108. The van der Waals surface area contributed by atoms with Crippen LogP contribution in [0.5, 0.6) is 0 Å². The third-order valence-electron chi connectivity index (χ3n) is 3.89. The standard InChI is InChI=1S/C13H22O/c1-11-12(2,3)7-5-8-13(11,4)9-6-10-14/h10H,1,5-9H2,2-4H3/t13-/m0/s1. The normalized spacial score (nSPS) is 31.5. The van der Waals surface area contributed by atoms with E-state index in [9.17, 15) is 4.79 Å². The van der Waals surface area contributed by atoms with Crippen LogP contribution in [0.2, 0.25) is 0 Å². The van der Waals surface area contributed by atoms with E-state index in [1.54, 1.807) is 0 Å². The Labute approximate surface area is 87.6 Å². The predicted octanol–water partition coefficient (Wildman–Crippen LogP) is 3.74. The number of allylic oxidation sites excluding steroid dienone is 1. The molecule has 14 heavy (non-hydrogen) atoms. The van der Waals surface area contributed by atoms with Gasteiger partial charge in [0.05, 0.1) is 0 Å². The second-order valence-corrected chi connectivity index (χ2v) is 5.48. The third kappa shape index (κ3) is 2.08. The summed E-state index contributed by atoms with van der Waals surface area (Å²) in [6, 6.07) is 0. The van der Waals surface area contributed by atoms with Crippen LogP contribution in [-0.4, -0.2) is 6.29 Å². The molecular formula is C13H22O. The highest BCUT2D eigenvalue weighted by molar-refractivity contribution is 5.49. The van der Waals surface area contributed by atoms with Gasteiger partial charge in [0.25, 0.3) is 0 Å². The predicted molar refractivity (Wildman–Crippen MR) is 60.2 cm³/mol. The first-order valence-electron chi connectivity index (χ1n) is 5.56. The Morgan fingerprint density at radius 2 is 2.00 bits per heavy atom. The van der Waals surface area contributed by atoms with Crippen molar-refractivity contribution in [3.05, 3.63) is 12.2 Å². The number of carbonyl (C=O) groups is 1. The Balaban J connectivity index is 2.77. The zero-order valence-electron chi connectivity index (χ0n) is 9.73. The van der Waals surface area contributed by atoms with Gasteiger partial charge in [-0.25, -0.2) is 0 Å². The van der Waals surface area contributed by atoms with Gasteiger partial charge in [-0.3, -0.25) is 0 Å². The summed E-state index contributed by atoms with van der Waals surface area (Å²) in [5.74, 6) is 0. The molecule has 0 aromatic carbocycles. The van der Waals surface area contributed by atoms with E-state index in [0.29, 0.717) is 6.42 Å². The molecule has 1 aliphatic carbocycles. The molecule has 1 atom stereocenters. The summed E-state index contributed by atoms with van der Waals surface area (Å²) in [5, 5.41) is 0. The molecule has 0 heterocycles. The van der Waals surface area contributed by atoms with Crippen molar-refractivity contribution in [2.45, 2.75) is 52.9 Å². The Bertz CT molecular complexity index is 240. The highest BCUT2D eigenvalue weighted by Crippen LogP contribution is 2.51. The van der Waals surface area contributed by atoms with E-state index < -0.39 is 0 Å². The van der Waals surface area contributed by atoms with Gasteiger partial charge in [-0.05, 0) is 30.1 Å². The van der Waals surface area contributed by atoms with Crippen molar-refractivity contribution in [1.82, 2.24) is 0 Å². The monoisotopic (exact) mass is 194 g/mol. The number of carbonyl (C=O) groups excluding carboxylic acids is 1. The molecule has 0 aliphatic heterocycles. The van der Waals surface area contributed by atoms with Crippen molar-refractivity contribution in [3.8, 4) is 0 Å². The molecule has 1 aliphatic rings. The summed E-state index contributed by atoms with van der Waals surface area (Å²) >= 11 is 0. The number of hydrogen-bond donors (Lipinski definition) is 0. The fourth-order valence-electron chi connectivity index (χ4n) is 2.69. The molecule has 1 nitrogen and oxygen atoms in total. The molecule has 0 bridgehead atoms. The van der Waals surface area contributed by atoms with Crippen molar-refractivity contribution < 1.29 is 4.79 Å². The van der Waals surface area contributed by atoms with Crippen molar-refractivity contribution in [3.63, 3.8) is 0 Å². The first-order chi connectivity index (χ1) is 6.42. The van der Waals surface area contributed by atoms with Crippen LogP contribution >= 0.6 is 0 Å². The molecule has 0 unspecified atom stereocenters. The van der Waals surface area contributed by atoms with E-state index in [1.807, 2.05) is 0 Å². The first-order valence-corrected chi connectivity index (χ1v) is 5.56. The average molecular weight is 194 g/mol. The smallest absolute Gasteiger partial charge is 0.120 e. The van der Waals surface area contributed by atoms with E-state index in [2.05, 4.69) is 27.4 Å².